The van der Waals surface area contributed by atoms with Gasteiger partial charge in [-0.1, -0.05) is 59.6 Å². The molecule has 0 spiro atoms. The van der Waals surface area contributed by atoms with Crippen molar-refractivity contribution >= 4 is 35.1 Å². The van der Waals surface area contributed by atoms with Crippen LogP contribution in [0.1, 0.15) is 25.0 Å². The quantitative estimate of drug-likeness (QED) is 0.392. The lowest BCUT2D eigenvalue weighted by molar-refractivity contribution is 0.480. The van der Waals surface area contributed by atoms with Gasteiger partial charge < -0.3 is 10.6 Å². The van der Waals surface area contributed by atoms with Crippen LogP contribution < -0.4 is 16.0 Å². The van der Waals surface area contributed by atoms with Gasteiger partial charge in [0.15, 0.2) is 11.9 Å². The van der Waals surface area contributed by atoms with Crippen molar-refractivity contribution in [2.75, 3.05) is 6.54 Å². The number of hydrogen-bond donors (Lipinski definition) is 5. The smallest absolute Gasteiger partial charge is 0.195 e. The Bertz CT molecular complexity index is 755. The van der Waals surface area contributed by atoms with Crippen LogP contribution in [0.25, 0.3) is 0 Å². The Kier molecular flexibility index (Phi) is 6.89. The zero-order chi connectivity index (χ0) is 19.2. The van der Waals surface area contributed by atoms with E-state index in [9.17, 15) is 0 Å². The molecule has 5 nitrogen and oxygen atoms in total. The highest BCUT2D eigenvalue weighted by Gasteiger charge is 2.27. The highest BCUT2D eigenvalue weighted by molar-refractivity contribution is 6.36. The minimum absolute atomic E-state index is 0.0109. The maximum Gasteiger partial charge on any atom is 0.195 e. The first-order chi connectivity index (χ1) is 12.3. The summed E-state index contributed by atoms with van der Waals surface area (Å²) in [4.78, 5) is 0. The molecule has 0 amide bonds. The molecule has 5 N–H and O–H groups in total. The molecule has 138 valence electrons. The van der Waals surface area contributed by atoms with Crippen LogP contribution >= 0.6 is 23.2 Å². The van der Waals surface area contributed by atoms with Crippen molar-refractivity contribution in [1.82, 2.24) is 16.0 Å². The molecule has 0 aliphatic carbocycles. The largest absolute Gasteiger partial charge is 0.356 e. The minimum Gasteiger partial charge on any atom is -0.356 e. The third-order valence-corrected chi connectivity index (χ3v) is 4.46. The molecule has 2 aromatic carbocycles. The second-order valence-electron chi connectivity index (χ2n) is 6.38. The highest BCUT2D eigenvalue weighted by Crippen LogP contribution is 2.33. The van der Waals surface area contributed by atoms with Crippen LogP contribution in [-0.4, -0.2) is 18.5 Å². The molecular weight excluding hydrogens is 369 g/mol. The molecule has 0 radical (unpaired) electrons. The average molecular weight is 392 g/mol. The van der Waals surface area contributed by atoms with E-state index in [1.807, 2.05) is 44.2 Å². The van der Waals surface area contributed by atoms with Crippen molar-refractivity contribution in [3.8, 4) is 0 Å². The first-order valence-corrected chi connectivity index (χ1v) is 9.00. The van der Waals surface area contributed by atoms with Gasteiger partial charge in [-0.15, -0.1) is 0 Å². The van der Waals surface area contributed by atoms with Crippen molar-refractivity contribution in [2.45, 2.75) is 25.8 Å². The topological polar surface area (TPSA) is 83.8 Å². The summed E-state index contributed by atoms with van der Waals surface area (Å²) in [6, 6.07) is 15.3. The molecule has 0 saturated heterocycles. The van der Waals surface area contributed by atoms with Gasteiger partial charge in [-0.3, -0.25) is 16.1 Å². The van der Waals surface area contributed by atoms with E-state index in [4.69, 9.17) is 34.0 Å². The van der Waals surface area contributed by atoms with Crippen LogP contribution in [0, 0.1) is 10.8 Å². The zero-order valence-electron chi connectivity index (χ0n) is 14.8. The van der Waals surface area contributed by atoms with E-state index < -0.39 is 5.54 Å². The Hall–Kier alpha value is -2.24. The summed E-state index contributed by atoms with van der Waals surface area (Å²) in [6.07, 6.45) is 0.798. The van der Waals surface area contributed by atoms with Crippen molar-refractivity contribution in [1.29, 1.82) is 10.8 Å². The molecule has 2 aromatic rings. The molecule has 2 rings (SSSR count). The Morgan fingerprint density at radius 1 is 0.923 bits per heavy atom. The fourth-order valence-electron chi connectivity index (χ4n) is 2.65. The molecule has 0 unspecified atom stereocenters. The maximum absolute atomic E-state index is 8.08. The molecule has 0 heterocycles. The van der Waals surface area contributed by atoms with Gasteiger partial charge in [0, 0.05) is 22.2 Å². The molecular formula is C19H23Cl2N5. The summed E-state index contributed by atoms with van der Waals surface area (Å²) in [6.45, 7) is 4.36. The molecule has 0 aromatic heterocycles. The molecule has 7 heteroatoms. The van der Waals surface area contributed by atoms with E-state index in [2.05, 4.69) is 16.0 Å². The second-order valence-corrected chi connectivity index (χ2v) is 7.20. The van der Waals surface area contributed by atoms with Crippen LogP contribution in [0.3, 0.4) is 0 Å². The van der Waals surface area contributed by atoms with E-state index in [-0.39, 0.29) is 11.9 Å². The van der Waals surface area contributed by atoms with Gasteiger partial charge in [-0.2, -0.15) is 0 Å². The number of hydrogen-bond acceptors (Lipinski definition) is 2. The lowest BCUT2D eigenvalue weighted by Gasteiger charge is -2.30. The van der Waals surface area contributed by atoms with E-state index in [0.29, 0.717) is 22.2 Å². The van der Waals surface area contributed by atoms with Crippen LogP contribution in [0.15, 0.2) is 48.5 Å². The molecule has 0 saturated carbocycles. The lowest BCUT2D eigenvalue weighted by atomic mass is 9.94. The summed E-state index contributed by atoms with van der Waals surface area (Å²) >= 11 is 12.5. The minimum atomic E-state index is -0.677. The van der Waals surface area contributed by atoms with E-state index in [0.717, 1.165) is 6.42 Å². The highest BCUT2D eigenvalue weighted by atomic mass is 35.5. The number of guanidine groups is 2. The fraction of sp³-hybridized carbons (Fsp3) is 0.263. The summed E-state index contributed by atoms with van der Waals surface area (Å²) in [5.74, 6) is 0.0442. The van der Waals surface area contributed by atoms with Crippen LogP contribution in [0.2, 0.25) is 10.0 Å². The first-order valence-electron chi connectivity index (χ1n) is 8.24. The third-order valence-electron chi connectivity index (χ3n) is 3.83. The third kappa shape index (κ3) is 5.64. The van der Waals surface area contributed by atoms with E-state index in [1.165, 1.54) is 5.56 Å². The van der Waals surface area contributed by atoms with Gasteiger partial charge in [0.1, 0.15) is 0 Å². The monoisotopic (exact) mass is 391 g/mol. The zero-order valence-corrected chi connectivity index (χ0v) is 16.3. The number of halogens is 2. The molecule has 0 fully saturated rings. The molecule has 26 heavy (non-hydrogen) atoms. The number of rotatable bonds is 5. The average Bonchev–Trinajstić information content (AvgIpc) is 2.54. The van der Waals surface area contributed by atoms with Gasteiger partial charge in [0.25, 0.3) is 0 Å². The van der Waals surface area contributed by atoms with Crippen molar-refractivity contribution in [3.63, 3.8) is 0 Å². The standard InChI is InChI=1S/C19H23Cl2N5/c1-19(2,16-14(20)9-6-10-15(16)21)26-18(23)25-17(22)24-12-11-13-7-4-3-5-8-13/h3-10H,11-12H2,1-2H3,(H5,22,23,24,25,26). The predicted octanol–water partition coefficient (Wildman–Crippen LogP) is 4.11. The van der Waals surface area contributed by atoms with E-state index in [1.54, 1.807) is 18.2 Å². The van der Waals surface area contributed by atoms with Gasteiger partial charge in [0.2, 0.25) is 0 Å². The Labute approximate surface area is 164 Å². The van der Waals surface area contributed by atoms with Crippen molar-refractivity contribution in [3.05, 3.63) is 69.7 Å². The summed E-state index contributed by atoms with van der Waals surface area (Å²) in [5.41, 5.74) is 1.22. The van der Waals surface area contributed by atoms with Gasteiger partial charge in [-0.25, -0.2) is 0 Å². The Morgan fingerprint density at radius 2 is 1.54 bits per heavy atom. The predicted molar refractivity (Wildman–Crippen MR) is 109 cm³/mol. The van der Waals surface area contributed by atoms with Crippen LogP contribution in [0.4, 0.5) is 0 Å². The first kappa shape index (κ1) is 20.1. The Balaban J connectivity index is 1.86. The second kappa shape index (κ2) is 8.92. The number of nitrogens with one attached hydrogen (secondary N) is 5. The summed E-state index contributed by atoms with van der Waals surface area (Å²) in [7, 11) is 0. The van der Waals surface area contributed by atoms with Gasteiger partial charge in [0.05, 0.1) is 5.54 Å². The molecule has 0 atom stereocenters. The fourth-order valence-corrected chi connectivity index (χ4v) is 3.52. The Morgan fingerprint density at radius 3 is 2.15 bits per heavy atom. The van der Waals surface area contributed by atoms with Crippen molar-refractivity contribution in [2.24, 2.45) is 0 Å². The lowest BCUT2D eigenvalue weighted by Crippen LogP contribution is -2.51. The summed E-state index contributed by atoms with van der Waals surface area (Å²) < 4.78 is 0. The summed E-state index contributed by atoms with van der Waals surface area (Å²) in [5, 5.41) is 25.7. The maximum atomic E-state index is 8.08. The van der Waals surface area contributed by atoms with Crippen molar-refractivity contribution < 1.29 is 0 Å². The molecule has 0 aliphatic heterocycles. The van der Waals surface area contributed by atoms with E-state index >= 15 is 0 Å². The molecule has 0 aliphatic rings. The van der Waals surface area contributed by atoms with Crippen LogP contribution in [0.5, 0.6) is 0 Å². The molecule has 0 bridgehead atoms. The van der Waals surface area contributed by atoms with Gasteiger partial charge in [-0.05, 0) is 38.0 Å². The van der Waals surface area contributed by atoms with Crippen LogP contribution in [-0.2, 0) is 12.0 Å². The van der Waals surface area contributed by atoms with Gasteiger partial charge >= 0.3 is 0 Å². The SMILES string of the molecule is CC(C)(NC(=N)NC(=N)NCCc1ccccc1)c1c(Cl)cccc1Cl. The normalized spacial score (nSPS) is 10.9. The number of benzene rings is 2.